The molecule has 1 aliphatic rings. The number of hydrogen-bond donors (Lipinski definition) is 1. The van der Waals surface area contributed by atoms with Crippen molar-refractivity contribution in [3.8, 4) is 0 Å². The fourth-order valence-corrected chi connectivity index (χ4v) is 2.09. The number of nitrogens with one attached hydrogen (secondary N) is 1. The molecule has 2 rings (SSSR count). The predicted molar refractivity (Wildman–Crippen MR) is 69.1 cm³/mol. The fraction of sp³-hybridized carbons (Fsp3) is 0.769. The molecule has 2 heterocycles. The lowest BCUT2D eigenvalue weighted by Gasteiger charge is -2.13. The average Bonchev–Trinajstić information content (AvgIpc) is 2.91. The first kappa shape index (κ1) is 12.4. The summed E-state index contributed by atoms with van der Waals surface area (Å²) in [5.41, 5.74) is 0. The molecular weight excluding hydrogens is 214 g/mol. The molecule has 17 heavy (non-hydrogen) atoms. The van der Waals surface area contributed by atoms with Crippen molar-refractivity contribution in [1.29, 1.82) is 0 Å². The normalized spacial score (nSPS) is 20.1. The summed E-state index contributed by atoms with van der Waals surface area (Å²) in [5, 5.41) is 7.83. The first-order valence-electron chi connectivity index (χ1n) is 6.59. The molecule has 1 fully saturated rings. The minimum atomic E-state index is 0.626. The van der Waals surface area contributed by atoms with Crippen molar-refractivity contribution in [1.82, 2.24) is 9.78 Å². The molecular formula is C13H23N3O. The lowest BCUT2D eigenvalue weighted by atomic mass is 10.1. The van der Waals surface area contributed by atoms with Crippen LogP contribution in [0.5, 0.6) is 0 Å². The Balaban J connectivity index is 1.83. The van der Waals surface area contributed by atoms with Crippen molar-refractivity contribution in [3.05, 3.63) is 12.3 Å². The first-order chi connectivity index (χ1) is 8.25. The molecule has 0 aromatic carbocycles. The summed E-state index contributed by atoms with van der Waals surface area (Å²) in [7, 11) is 0. The molecule has 96 valence electrons. The van der Waals surface area contributed by atoms with Crippen LogP contribution >= 0.6 is 0 Å². The van der Waals surface area contributed by atoms with E-state index in [1.807, 2.05) is 6.20 Å². The van der Waals surface area contributed by atoms with Gasteiger partial charge in [-0.3, -0.25) is 0 Å². The molecule has 0 radical (unpaired) electrons. The number of hydrogen-bond acceptors (Lipinski definition) is 3. The van der Waals surface area contributed by atoms with Gasteiger partial charge in [0.1, 0.15) is 5.82 Å². The molecule has 1 aliphatic heterocycles. The fourth-order valence-electron chi connectivity index (χ4n) is 2.09. The summed E-state index contributed by atoms with van der Waals surface area (Å²) < 4.78 is 7.47. The van der Waals surface area contributed by atoms with Crippen LogP contribution in [0.3, 0.4) is 0 Å². The molecule has 4 heteroatoms. The van der Waals surface area contributed by atoms with Gasteiger partial charge in [0.25, 0.3) is 0 Å². The van der Waals surface area contributed by atoms with Gasteiger partial charge in [-0.1, -0.05) is 13.8 Å². The van der Waals surface area contributed by atoms with Crippen LogP contribution in [0.25, 0.3) is 0 Å². The third kappa shape index (κ3) is 3.73. The summed E-state index contributed by atoms with van der Waals surface area (Å²) in [6.45, 7) is 8.26. The molecule has 1 aromatic heterocycles. The van der Waals surface area contributed by atoms with Gasteiger partial charge >= 0.3 is 0 Å². The van der Waals surface area contributed by atoms with E-state index in [1.165, 1.54) is 6.42 Å². The summed E-state index contributed by atoms with van der Waals surface area (Å²) in [4.78, 5) is 0. The first-order valence-corrected chi connectivity index (χ1v) is 6.59. The summed E-state index contributed by atoms with van der Waals surface area (Å²) in [6.07, 6.45) is 4.22. The SMILES string of the molecule is CC(C)CCNc1ccnn1C[C@H]1CCOC1. The number of nitrogens with zero attached hydrogens (tertiary/aromatic N) is 2. The second-order valence-electron chi connectivity index (χ2n) is 5.24. The van der Waals surface area contributed by atoms with Crippen LogP contribution in [0, 0.1) is 11.8 Å². The second kappa shape index (κ2) is 6.05. The van der Waals surface area contributed by atoms with Gasteiger partial charge in [0.15, 0.2) is 0 Å². The van der Waals surface area contributed by atoms with Crippen molar-refractivity contribution in [2.75, 3.05) is 25.1 Å². The molecule has 1 saturated heterocycles. The van der Waals surface area contributed by atoms with Gasteiger partial charge in [-0.15, -0.1) is 0 Å². The van der Waals surface area contributed by atoms with Gasteiger partial charge in [0.05, 0.1) is 12.8 Å². The van der Waals surface area contributed by atoms with Crippen molar-refractivity contribution >= 4 is 5.82 Å². The standard InChI is InChI=1S/C13H23N3O/c1-11(2)3-6-14-13-4-7-15-16(13)9-12-5-8-17-10-12/h4,7,11-12,14H,3,5-6,8-10H2,1-2H3/t12-/m1/s1. The van der Waals surface area contributed by atoms with Gasteiger partial charge in [0, 0.05) is 31.7 Å². The highest BCUT2D eigenvalue weighted by Crippen LogP contribution is 2.17. The molecule has 1 aromatic rings. The van der Waals surface area contributed by atoms with Gasteiger partial charge in [0.2, 0.25) is 0 Å². The summed E-state index contributed by atoms with van der Waals surface area (Å²) in [5.74, 6) is 2.50. The van der Waals surface area contributed by atoms with E-state index in [1.54, 1.807) is 0 Å². The van der Waals surface area contributed by atoms with Crippen molar-refractivity contribution in [2.45, 2.75) is 33.2 Å². The third-order valence-electron chi connectivity index (χ3n) is 3.20. The number of aromatic nitrogens is 2. The Bertz CT molecular complexity index is 329. The van der Waals surface area contributed by atoms with Crippen LogP contribution in [-0.2, 0) is 11.3 Å². The zero-order chi connectivity index (χ0) is 12.1. The summed E-state index contributed by atoms with van der Waals surface area (Å²) in [6, 6.07) is 2.05. The van der Waals surface area contributed by atoms with Crippen molar-refractivity contribution < 1.29 is 4.74 Å². The Morgan fingerprint density at radius 1 is 1.59 bits per heavy atom. The Morgan fingerprint density at radius 2 is 2.47 bits per heavy atom. The topological polar surface area (TPSA) is 39.1 Å². The van der Waals surface area contributed by atoms with E-state index in [-0.39, 0.29) is 0 Å². The van der Waals surface area contributed by atoms with Gasteiger partial charge < -0.3 is 10.1 Å². The van der Waals surface area contributed by atoms with Gasteiger partial charge in [-0.25, -0.2) is 4.68 Å². The molecule has 0 unspecified atom stereocenters. The van der Waals surface area contributed by atoms with Gasteiger partial charge in [-0.2, -0.15) is 5.10 Å². The molecule has 1 atom stereocenters. The maximum absolute atomic E-state index is 5.40. The molecule has 0 saturated carbocycles. The number of anilines is 1. The van der Waals surface area contributed by atoms with E-state index in [9.17, 15) is 0 Å². The third-order valence-corrected chi connectivity index (χ3v) is 3.20. The average molecular weight is 237 g/mol. The van der Waals surface area contributed by atoms with Crippen LogP contribution in [0.2, 0.25) is 0 Å². The monoisotopic (exact) mass is 237 g/mol. The predicted octanol–water partition coefficient (Wildman–Crippen LogP) is 2.38. The number of ether oxygens (including phenoxy) is 1. The smallest absolute Gasteiger partial charge is 0.124 e. The maximum Gasteiger partial charge on any atom is 0.124 e. The molecule has 1 N–H and O–H groups in total. The quantitative estimate of drug-likeness (QED) is 0.825. The summed E-state index contributed by atoms with van der Waals surface area (Å²) >= 11 is 0. The van der Waals surface area contributed by atoms with Crippen molar-refractivity contribution in [2.24, 2.45) is 11.8 Å². The maximum atomic E-state index is 5.40. The van der Waals surface area contributed by atoms with Crippen LogP contribution in [-0.4, -0.2) is 29.5 Å². The van der Waals surface area contributed by atoms with Crippen LogP contribution in [0.4, 0.5) is 5.82 Å². The molecule has 0 amide bonds. The lowest BCUT2D eigenvalue weighted by molar-refractivity contribution is 0.181. The van der Waals surface area contributed by atoms with Gasteiger partial charge in [-0.05, 0) is 18.8 Å². The lowest BCUT2D eigenvalue weighted by Crippen LogP contribution is -2.15. The van der Waals surface area contributed by atoms with E-state index in [4.69, 9.17) is 4.74 Å². The Labute approximate surface area is 103 Å². The molecule has 0 bridgehead atoms. The van der Waals surface area contributed by atoms with E-state index in [0.717, 1.165) is 44.5 Å². The Kier molecular flexibility index (Phi) is 4.42. The highest BCUT2D eigenvalue weighted by atomic mass is 16.5. The van der Waals surface area contributed by atoms with Crippen LogP contribution in [0.15, 0.2) is 12.3 Å². The second-order valence-corrected chi connectivity index (χ2v) is 5.24. The molecule has 0 aliphatic carbocycles. The van der Waals surface area contributed by atoms with E-state index >= 15 is 0 Å². The molecule has 0 spiro atoms. The van der Waals surface area contributed by atoms with Crippen LogP contribution in [0.1, 0.15) is 26.7 Å². The van der Waals surface area contributed by atoms with E-state index in [2.05, 4.69) is 35.0 Å². The Morgan fingerprint density at radius 3 is 3.18 bits per heavy atom. The zero-order valence-electron chi connectivity index (χ0n) is 10.9. The van der Waals surface area contributed by atoms with Crippen LogP contribution < -0.4 is 5.32 Å². The minimum Gasteiger partial charge on any atom is -0.381 e. The van der Waals surface area contributed by atoms with Crippen molar-refractivity contribution in [3.63, 3.8) is 0 Å². The van der Waals surface area contributed by atoms with E-state index in [0.29, 0.717) is 5.92 Å². The Hall–Kier alpha value is -1.03. The highest BCUT2D eigenvalue weighted by molar-refractivity contribution is 5.33. The molecule has 4 nitrogen and oxygen atoms in total. The highest BCUT2D eigenvalue weighted by Gasteiger charge is 2.17. The minimum absolute atomic E-state index is 0.626. The zero-order valence-corrected chi connectivity index (χ0v) is 10.9. The number of rotatable bonds is 6. The van der Waals surface area contributed by atoms with E-state index < -0.39 is 0 Å². The largest absolute Gasteiger partial charge is 0.381 e.